The Morgan fingerprint density at radius 3 is 2.90 bits per heavy atom. The number of aliphatic carboxylic acids is 1. The summed E-state index contributed by atoms with van der Waals surface area (Å²) in [6, 6.07) is 5.49. The van der Waals surface area contributed by atoms with E-state index in [1.54, 1.807) is 29.8 Å². The molecule has 6 nitrogen and oxygen atoms in total. The predicted molar refractivity (Wildman–Crippen MR) is 71.5 cm³/mol. The third kappa shape index (κ3) is 1.76. The van der Waals surface area contributed by atoms with E-state index in [2.05, 4.69) is 4.98 Å². The van der Waals surface area contributed by atoms with Gasteiger partial charge in [0, 0.05) is 18.9 Å². The first kappa shape index (κ1) is 12.7. The minimum absolute atomic E-state index is 0.283. The van der Waals surface area contributed by atoms with E-state index in [0.29, 0.717) is 25.0 Å². The number of carbonyl (C=O) groups excluding carboxylic acids is 1. The minimum atomic E-state index is -1.13. The molecule has 3 rings (SSSR count). The lowest BCUT2D eigenvalue weighted by Crippen LogP contribution is -2.50. The number of carbonyl (C=O) groups is 2. The zero-order valence-electron chi connectivity index (χ0n) is 11.1. The van der Waals surface area contributed by atoms with Crippen molar-refractivity contribution in [1.82, 2.24) is 14.3 Å². The Morgan fingerprint density at radius 2 is 2.20 bits per heavy atom. The lowest BCUT2D eigenvalue weighted by molar-refractivity contribution is -0.147. The number of fused-ring (bicyclic) bond motifs is 1. The van der Waals surface area contributed by atoms with E-state index < -0.39 is 11.5 Å². The van der Waals surface area contributed by atoms with Crippen molar-refractivity contribution in [3.8, 4) is 0 Å². The first-order valence-electron chi connectivity index (χ1n) is 6.51. The van der Waals surface area contributed by atoms with Crippen molar-refractivity contribution in [3.63, 3.8) is 0 Å². The van der Waals surface area contributed by atoms with Gasteiger partial charge in [0.15, 0.2) is 0 Å². The Hall–Kier alpha value is -2.37. The Morgan fingerprint density at radius 1 is 1.40 bits per heavy atom. The molecule has 2 aromatic heterocycles. The Balaban J connectivity index is 1.98. The fraction of sp³-hybridized carbons (Fsp3) is 0.357. The number of amides is 1. The smallest absolute Gasteiger partial charge is 0.329 e. The first-order valence-corrected chi connectivity index (χ1v) is 6.51. The van der Waals surface area contributed by atoms with E-state index in [1.807, 2.05) is 12.1 Å². The lowest BCUT2D eigenvalue weighted by Gasteiger charge is -2.30. The van der Waals surface area contributed by atoms with Crippen molar-refractivity contribution < 1.29 is 14.7 Å². The van der Waals surface area contributed by atoms with E-state index in [1.165, 1.54) is 4.90 Å². The third-order valence-corrected chi connectivity index (χ3v) is 3.93. The first-order chi connectivity index (χ1) is 9.52. The average Bonchev–Trinajstić information content (AvgIpc) is 3.02. The molecule has 104 valence electrons. The van der Waals surface area contributed by atoms with Crippen molar-refractivity contribution in [3.05, 3.63) is 36.3 Å². The quantitative estimate of drug-likeness (QED) is 0.897. The second kappa shape index (κ2) is 4.33. The van der Waals surface area contributed by atoms with Crippen LogP contribution in [0.3, 0.4) is 0 Å². The summed E-state index contributed by atoms with van der Waals surface area (Å²) in [6.07, 6.45) is 4.61. The number of nitrogens with zero attached hydrogens (tertiary/aromatic N) is 3. The van der Waals surface area contributed by atoms with Crippen LogP contribution in [-0.4, -0.2) is 43.4 Å². The maximum absolute atomic E-state index is 12.5. The summed E-state index contributed by atoms with van der Waals surface area (Å²) in [4.78, 5) is 29.6. The van der Waals surface area contributed by atoms with Crippen LogP contribution in [0.1, 0.15) is 30.3 Å². The van der Waals surface area contributed by atoms with Crippen LogP contribution in [0.25, 0.3) is 5.65 Å². The number of rotatable bonds is 2. The van der Waals surface area contributed by atoms with Crippen LogP contribution >= 0.6 is 0 Å². The molecule has 0 aromatic carbocycles. The molecule has 0 bridgehead atoms. The highest BCUT2D eigenvalue weighted by atomic mass is 16.4. The summed E-state index contributed by atoms with van der Waals surface area (Å²) >= 11 is 0. The molecule has 1 atom stereocenters. The molecular formula is C14H15N3O3. The molecule has 0 spiro atoms. The molecule has 2 aromatic rings. The van der Waals surface area contributed by atoms with Gasteiger partial charge in [0.25, 0.3) is 5.91 Å². The van der Waals surface area contributed by atoms with Gasteiger partial charge in [0.05, 0.1) is 0 Å². The Bertz CT molecular complexity index is 661. The fourth-order valence-electron chi connectivity index (χ4n) is 2.69. The molecule has 0 radical (unpaired) electrons. The molecule has 1 aliphatic rings. The highest BCUT2D eigenvalue weighted by Gasteiger charge is 2.46. The van der Waals surface area contributed by atoms with Gasteiger partial charge in [-0.05, 0) is 31.9 Å². The molecule has 1 N–H and O–H groups in total. The monoisotopic (exact) mass is 273 g/mol. The van der Waals surface area contributed by atoms with Gasteiger partial charge in [0.2, 0.25) is 0 Å². The van der Waals surface area contributed by atoms with Crippen LogP contribution in [-0.2, 0) is 4.79 Å². The van der Waals surface area contributed by atoms with Gasteiger partial charge >= 0.3 is 5.97 Å². The van der Waals surface area contributed by atoms with Crippen molar-refractivity contribution in [2.45, 2.75) is 25.3 Å². The summed E-state index contributed by atoms with van der Waals surface area (Å²) in [5, 5.41) is 9.36. The van der Waals surface area contributed by atoms with Crippen LogP contribution in [0, 0.1) is 0 Å². The standard InChI is InChI=1S/C14H15N3O3/c1-14(13(19)20)6-4-8-17(14)12(18)10-9-16-7-3-2-5-11(16)15-10/h2-3,5,7,9H,4,6,8H2,1H3,(H,19,20). The average molecular weight is 273 g/mol. The van der Waals surface area contributed by atoms with Gasteiger partial charge in [-0.3, -0.25) is 4.79 Å². The zero-order valence-corrected chi connectivity index (χ0v) is 11.1. The fourth-order valence-corrected chi connectivity index (χ4v) is 2.69. The number of hydrogen-bond donors (Lipinski definition) is 1. The van der Waals surface area contributed by atoms with Gasteiger partial charge in [0.1, 0.15) is 16.9 Å². The minimum Gasteiger partial charge on any atom is -0.480 e. The number of carboxylic acids is 1. The number of hydrogen-bond acceptors (Lipinski definition) is 3. The SMILES string of the molecule is CC1(C(=O)O)CCCN1C(=O)c1cn2ccccc2n1. The molecule has 1 saturated heterocycles. The number of pyridine rings is 1. The van der Waals surface area contributed by atoms with Crippen LogP contribution in [0.15, 0.2) is 30.6 Å². The van der Waals surface area contributed by atoms with Crippen molar-refractivity contribution in [2.24, 2.45) is 0 Å². The van der Waals surface area contributed by atoms with Crippen molar-refractivity contribution in [2.75, 3.05) is 6.54 Å². The van der Waals surface area contributed by atoms with Crippen LogP contribution in [0.4, 0.5) is 0 Å². The van der Waals surface area contributed by atoms with Gasteiger partial charge in [-0.15, -0.1) is 0 Å². The van der Waals surface area contributed by atoms with E-state index in [-0.39, 0.29) is 11.6 Å². The van der Waals surface area contributed by atoms with Crippen LogP contribution in [0.5, 0.6) is 0 Å². The Labute approximate surface area is 115 Å². The normalized spacial score (nSPS) is 22.4. The number of carboxylic acid groups (broad SMARTS) is 1. The molecule has 6 heteroatoms. The predicted octanol–water partition coefficient (Wildman–Crippen LogP) is 1.41. The topological polar surface area (TPSA) is 74.9 Å². The molecule has 3 heterocycles. The molecular weight excluding hydrogens is 258 g/mol. The van der Waals surface area contributed by atoms with E-state index in [4.69, 9.17) is 0 Å². The van der Waals surface area contributed by atoms with Crippen LogP contribution < -0.4 is 0 Å². The maximum atomic E-state index is 12.5. The molecule has 20 heavy (non-hydrogen) atoms. The third-order valence-electron chi connectivity index (χ3n) is 3.93. The number of imidazole rings is 1. The highest BCUT2D eigenvalue weighted by molar-refractivity contribution is 5.97. The molecule has 1 aliphatic heterocycles. The Kier molecular flexibility index (Phi) is 2.74. The van der Waals surface area contributed by atoms with Crippen molar-refractivity contribution in [1.29, 1.82) is 0 Å². The van der Waals surface area contributed by atoms with E-state index in [0.717, 1.165) is 0 Å². The largest absolute Gasteiger partial charge is 0.480 e. The van der Waals surface area contributed by atoms with E-state index in [9.17, 15) is 14.7 Å². The maximum Gasteiger partial charge on any atom is 0.329 e. The molecule has 0 saturated carbocycles. The number of likely N-dealkylation sites (tertiary alicyclic amines) is 1. The molecule has 1 unspecified atom stereocenters. The lowest BCUT2D eigenvalue weighted by atomic mass is 9.99. The van der Waals surface area contributed by atoms with Crippen LogP contribution in [0.2, 0.25) is 0 Å². The summed E-state index contributed by atoms with van der Waals surface area (Å²) in [7, 11) is 0. The van der Waals surface area contributed by atoms with Gasteiger partial charge < -0.3 is 14.4 Å². The summed E-state index contributed by atoms with van der Waals surface area (Å²) in [5.74, 6) is -1.29. The van der Waals surface area contributed by atoms with Gasteiger partial charge in [-0.2, -0.15) is 0 Å². The second-order valence-electron chi connectivity index (χ2n) is 5.23. The molecule has 1 amide bonds. The zero-order chi connectivity index (χ0) is 14.3. The molecule has 1 fully saturated rings. The summed E-state index contributed by atoms with van der Waals surface area (Å²) in [6.45, 7) is 2.05. The van der Waals surface area contributed by atoms with Crippen molar-refractivity contribution >= 4 is 17.5 Å². The number of aromatic nitrogens is 2. The summed E-state index contributed by atoms with van der Waals surface area (Å²) < 4.78 is 1.75. The van der Waals surface area contributed by atoms with Gasteiger partial charge in [-0.25, -0.2) is 9.78 Å². The highest BCUT2D eigenvalue weighted by Crippen LogP contribution is 2.30. The van der Waals surface area contributed by atoms with E-state index >= 15 is 0 Å². The summed E-state index contributed by atoms with van der Waals surface area (Å²) in [5.41, 5.74) is -0.176. The molecule has 0 aliphatic carbocycles. The second-order valence-corrected chi connectivity index (χ2v) is 5.23. The van der Waals surface area contributed by atoms with Gasteiger partial charge in [-0.1, -0.05) is 6.07 Å².